The second-order valence-corrected chi connectivity index (χ2v) is 3.30. The maximum atomic E-state index is 12.5. The van der Waals surface area contributed by atoms with E-state index in [-0.39, 0.29) is 6.54 Å². The number of ether oxygens (including phenoxy) is 1. The molecule has 84 valence electrons. The molecule has 0 aromatic carbocycles. The second kappa shape index (κ2) is 4.95. The van der Waals surface area contributed by atoms with Crippen LogP contribution in [0.1, 0.15) is 6.42 Å². The first-order valence-electron chi connectivity index (χ1n) is 4.64. The lowest BCUT2D eigenvalue weighted by molar-refractivity contribution is -0.180. The number of nitrogens with zero attached hydrogens (tertiary/aromatic N) is 1. The second-order valence-electron chi connectivity index (χ2n) is 3.30. The Morgan fingerprint density at radius 2 is 2.00 bits per heavy atom. The van der Waals surface area contributed by atoms with Gasteiger partial charge in [0.2, 0.25) is 0 Å². The van der Waals surface area contributed by atoms with E-state index >= 15 is 0 Å². The highest BCUT2D eigenvalue weighted by Crippen LogP contribution is 2.24. The first kappa shape index (κ1) is 11.7. The summed E-state index contributed by atoms with van der Waals surface area (Å²) in [5, 5.41) is 0. The van der Waals surface area contributed by atoms with Crippen LogP contribution >= 0.6 is 0 Å². The lowest BCUT2D eigenvalue weighted by Gasteiger charge is -2.30. The van der Waals surface area contributed by atoms with E-state index in [1.165, 1.54) is 4.90 Å². The molecule has 3 nitrogen and oxygen atoms in total. The zero-order valence-corrected chi connectivity index (χ0v) is 7.89. The summed E-state index contributed by atoms with van der Waals surface area (Å²) in [4.78, 5) is 1.35. The van der Waals surface area contributed by atoms with Crippen LogP contribution in [-0.2, 0) is 4.74 Å². The summed E-state index contributed by atoms with van der Waals surface area (Å²) in [6, 6.07) is -1.52. The van der Waals surface area contributed by atoms with E-state index in [9.17, 15) is 13.2 Å². The predicted octanol–water partition coefficient (Wildman–Crippen LogP) is 0.598. The van der Waals surface area contributed by atoms with E-state index in [2.05, 4.69) is 0 Å². The molecule has 1 unspecified atom stereocenters. The van der Waals surface area contributed by atoms with Crippen molar-refractivity contribution in [3.63, 3.8) is 0 Å². The lowest BCUT2D eigenvalue weighted by atomic mass is 10.2. The van der Waals surface area contributed by atoms with Crippen LogP contribution < -0.4 is 5.73 Å². The monoisotopic (exact) mass is 212 g/mol. The zero-order valence-electron chi connectivity index (χ0n) is 7.89. The minimum atomic E-state index is -4.24. The van der Waals surface area contributed by atoms with Gasteiger partial charge in [0, 0.05) is 26.2 Å². The van der Waals surface area contributed by atoms with Crippen LogP contribution in [0.5, 0.6) is 0 Å². The van der Waals surface area contributed by atoms with Crippen LogP contribution in [0.2, 0.25) is 0 Å². The first-order chi connectivity index (χ1) is 6.55. The molecular weight excluding hydrogens is 197 g/mol. The molecular formula is C8H15F3N2O. The minimum Gasteiger partial charge on any atom is -0.380 e. The maximum Gasteiger partial charge on any atom is 0.405 e. The molecule has 1 aliphatic rings. The average Bonchev–Trinajstić information content (AvgIpc) is 2.31. The number of alkyl halides is 3. The fourth-order valence-electron chi connectivity index (χ4n) is 1.57. The molecule has 0 aromatic rings. The summed E-state index contributed by atoms with van der Waals surface area (Å²) in [6.07, 6.45) is -3.61. The van der Waals surface area contributed by atoms with Crippen molar-refractivity contribution in [3.8, 4) is 0 Å². The van der Waals surface area contributed by atoms with E-state index in [1.54, 1.807) is 0 Å². The Hall–Kier alpha value is -0.330. The average molecular weight is 212 g/mol. The van der Waals surface area contributed by atoms with Crippen molar-refractivity contribution in [1.29, 1.82) is 0 Å². The number of hydrogen-bond acceptors (Lipinski definition) is 3. The van der Waals surface area contributed by atoms with Gasteiger partial charge in [0.25, 0.3) is 0 Å². The van der Waals surface area contributed by atoms with E-state index < -0.39 is 12.2 Å². The van der Waals surface area contributed by atoms with Crippen molar-refractivity contribution >= 4 is 0 Å². The summed E-state index contributed by atoms with van der Waals surface area (Å²) in [5.74, 6) is 0. The molecule has 2 N–H and O–H groups in total. The molecule has 0 aromatic heterocycles. The quantitative estimate of drug-likeness (QED) is 0.728. The van der Waals surface area contributed by atoms with E-state index in [1.807, 2.05) is 0 Å². The zero-order chi connectivity index (χ0) is 10.6. The van der Waals surface area contributed by atoms with Crippen LogP contribution in [0.25, 0.3) is 0 Å². The highest BCUT2D eigenvalue weighted by atomic mass is 19.4. The number of nitrogens with two attached hydrogens (primary N) is 1. The third kappa shape index (κ3) is 3.11. The van der Waals surface area contributed by atoms with Crippen LogP contribution in [-0.4, -0.2) is 50.0 Å². The van der Waals surface area contributed by atoms with Crippen molar-refractivity contribution in [1.82, 2.24) is 4.90 Å². The molecule has 0 spiro atoms. The van der Waals surface area contributed by atoms with Gasteiger partial charge in [-0.25, -0.2) is 0 Å². The molecule has 6 heteroatoms. The molecule has 0 bridgehead atoms. The number of hydrogen-bond donors (Lipinski definition) is 1. The fraction of sp³-hybridized carbons (Fsp3) is 1.00. The van der Waals surface area contributed by atoms with Crippen LogP contribution in [0.3, 0.4) is 0 Å². The molecule has 1 fully saturated rings. The fourth-order valence-corrected chi connectivity index (χ4v) is 1.57. The van der Waals surface area contributed by atoms with Crippen LogP contribution in [0.4, 0.5) is 13.2 Å². The van der Waals surface area contributed by atoms with Gasteiger partial charge in [-0.05, 0) is 6.42 Å². The molecule has 1 heterocycles. The highest BCUT2D eigenvalue weighted by Gasteiger charge is 2.42. The van der Waals surface area contributed by atoms with Crippen molar-refractivity contribution < 1.29 is 17.9 Å². The largest absolute Gasteiger partial charge is 0.405 e. The molecule has 0 saturated carbocycles. The van der Waals surface area contributed by atoms with Gasteiger partial charge in [0.15, 0.2) is 0 Å². The number of rotatable bonds is 2. The number of halogens is 3. The lowest BCUT2D eigenvalue weighted by Crippen LogP contribution is -2.51. The Morgan fingerprint density at radius 3 is 2.57 bits per heavy atom. The summed E-state index contributed by atoms with van der Waals surface area (Å²) in [5.41, 5.74) is 5.14. The molecule has 1 aliphatic heterocycles. The highest BCUT2D eigenvalue weighted by molar-refractivity contribution is 4.80. The molecule has 0 aliphatic carbocycles. The topological polar surface area (TPSA) is 38.5 Å². The summed E-state index contributed by atoms with van der Waals surface area (Å²) in [6.45, 7) is 1.21. The van der Waals surface area contributed by atoms with Gasteiger partial charge in [0.1, 0.15) is 6.04 Å². The molecule has 0 amide bonds. The summed E-state index contributed by atoms with van der Waals surface area (Å²) < 4.78 is 42.5. The Kier molecular flexibility index (Phi) is 4.15. The summed E-state index contributed by atoms with van der Waals surface area (Å²) >= 11 is 0. The van der Waals surface area contributed by atoms with Gasteiger partial charge in [-0.15, -0.1) is 0 Å². The predicted molar refractivity (Wildman–Crippen MR) is 45.9 cm³/mol. The van der Waals surface area contributed by atoms with E-state index in [4.69, 9.17) is 10.5 Å². The molecule has 1 rings (SSSR count). The standard InChI is InChI=1S/C8H15F3N2O/c9-8(10,11)7(6-12)13-2-1-4-14-5-3-13/h7H,1-6,12H2. The molecule has 14 heavy (non-hydrogen) atoms. The van der Waals surface area contributed by atoms with Crippen molar-refractivity contribution in [2.75, 3.05) is 32.8 Å². The summed E-state index contributed by atoms with van der Waals surface area (Å²) in [7, 11) is 0. The van der Waals surface area contributed by atoms with Gasteiger partial charge in [-0.2, -0.15) is 13.2 Å². The molecule has 1 atom stereocenters. The van der Waals surface area contributed by atoms with Crippen molar-refractivity contribution in [3.05, 3.63) is 0 Å². The maximum absolute atomic E-state index is 12.5. The van der Waals surface area contributed by atoms with Gasteiger partial charge in [-0.1, -0.05) is 0 Å². The Bertz CT molecular complexity index is 166. The smallest absolute Gasteiger partial charge is 0.380 e. The Balaban J connectivity index is 2.58. The SMILES string of the molecule is NCC(N1CCCOCC1)C(F)(F)F. The minimum absolute atomic E-state index is 0.307. The molecule has 0 radical (unpaired) electrons. The third-order valence-corrected chi connectivity index (χ3v) is 2.30. The Labute approximate surface area is 81.0 Å². The van der Waals surface area contributed by atoms with Gasteiger partial charge in [-0.3, -0.25) is 4.90 Å². The van der Waals surface area contributed by atoms with Gasteiger partial charge in [0.05, 0.1) is 6.61 Å². The van der Waals surface area contributed by atoms with Gasteiger partial charge < -0.3 is 10.5 Å². The normalized spacial score (nSPS) is 23.1. The van der Waals surface area contributed by atoms with Crippen LogP contribution in [0, 0.1) is 0 Å². The third-order valence-electron chi connectivity index (χ3n) is 2.30. The van der Waals surface area contributed by atoms with Crippen molar-refractivity contribution in [2.24, 2.45) is 5.73 Å². The van der Waals surface area contributed by atoms with E-state index in [0.717, 1.165) is 0 Å². The molecule has 1 saturated heterocycles. The van der Waals surface area contributed by atoms with Crippen LogP contribution in [0.15, 0.2) is 0 Å². The van der Waals surface area contributed by atoms with Crippen molar-refractivity contribution in [2.45, 2.75) is 18.6 Å². The first-order valence-corrected chi connectivity index (χ1v) is 4.64. The Morgan fingerprint density at radius 1 is 1.29 bits per heavy atom. The van der Waals surface area contributed by atoms with E-state index in [0.29, 0.717) is 32.7 Å². The van der Waals surface area contributed by atoms with Gasteiger partial charge >= 0.3 is 6.18 Å².